The van der Waals surface area contributed by atoms with Crippen molar-refractivity contribution in [2.75, 3.05) is 6.61 Å². The monoisotopic (exact) mass is 326 g/mol. The minimum absolute atomic E-state index is 0.322. The third-order valence-corrected chi connectivity index (χ3v) is 4.18. The van der Waals surface area contributed by atoms with Crippen LogP contribution in [-0.2, 0) is 4.79 Å². The summed E-state index contributed by atoms with van der Waals surface area (Å²) in [5.74, 6) is 0.556. The molecular formula is C19H22N2O3. The Balaban J connectivity index is 1.53. The van der Waals surface area contributed by atoms with Gasteiger partial charge in [0.1, 0.15) is 5.75 Å². The number of para-hydroxylation sites is 2. The zero-order valence-corrected chi connectivity index (χ0v) is 13.5. The normalized spacial score (nSPS) is 11.0. The van der Waals surface area contributed by atoms with Crippen LogP contribution in [0.1, 0.15) is 32.1 Å². The van der Waals surface area contributed by atoms with Crippen molar-refractivity contribution in [2.45, 2.75) is 32.1 Å². The molecule has 0 aliphatic carbocycles. The number of benzene rings is 2. The van der Waals surface area contributed by atoms with Crippen molar-refractivity contribution in [3.05, 3.63) is 42.5 Å². The molecule has 0 saturated heterocycles. The second-order valence-electron chi connectivity index (χ2n) is 5.90. The molecule has 0 unspecified atom stereocenters. The van der Waals surface area contributed by atoms with Gasteiger partial charge in [0.2, 0.25) is 5.91 Å². The van der Waals surface area contributed by atoms with Gasteiger partial charge in [-0.3, -0.25) is 10.0 Å². The van der Waals surface area contributed by atoms with Crippen molar-refractivity contribution in [2.24, 2.45) is 0 Å². The molecule has 2 aromatic carbocycles. The van der Waals surface area contributed by atoms with Gasteiger partial charge >= 0.3 is 0 Å². The third kappa shape index (κ3) is 3.68. The predicted octanol–water partition coefficient (Wildman–Crippen LogP) is 4.16. The van der Waals surface area contributed by atoms with E-state index in [1.807, 2.05) is 24.3 Å². The molecule has 1 aromatic heterocycles. The van der Waals surface area contributed by atoms with Crippen LogP contribution in [0, 0.1) is 0 Å². The van der Waals surface area contributed by atoms with E-state index in [1.54, 1.807) is 5.48 Å². The quantitative estimate of drug-likeness (QED) is 0.331. The number of ether oxygens (including phenoxy) is 1. The molecule has 3 rings (SSSR count). The summed E-state index contributed by atoms with van der Waals surface area (Å²) in [4.78, 5) is 14.3. The van der Waals surface area contributed by atoms with Crippen LogP contribution < -0.4 is 10.2 Å². The SMILES string of the molecule is O=C(CCCCCCOc1cccc2c1[nH]c1ccccc12)NO. The van der Waals surface area contributed by atoms with Gasteiger partial charge in [-0.1, -0.05) is 43.2 Å². The second kappa shape index (κ2) is 7.84. The zero-order chi connectivity index (χ0) is 16.8. The van der Waals surface area contributed by atoms with E-state index in [1.165, 1.54) is 10.8 Å². The molecule has 24 heavy (non-hydrogen) atoms. The van der Waals surface area contributed by atoms with Gasteiger partial charge < -0.3 is 9.72 Å². The number of H-pyrrole nitrogens is 1. The van der Waals surface area contributed by atoms with Crippen LogP contribution in [0.4, 0.5) is 0 Å². The Morgan fingerprint density at radius 1 is 1.00 bits per heavy atom. The van der Waals surface area contributed by atoms with Gasteiger partial charge in [-0.15, -0.1) is 0 Å². The Kier molecular flexibility index (Phi) is 5.33. The summed E-state index contributed by atoms with van der Waals surface area (Å²) in [5, 5.41) is 10.8. The molecular weight excluding hydrogens is 304 g/mol. The highest BCUT2D eigenvalue weighted by Crippen LogP contribution is 2.31. The van der Waals surface area contributed by atoms with E-state index in [0.717, 1.165) is 42.5 Å². The third-order valence-electron chi connectivity index (χ3n) is 4.18. The van der Waals surface area contributed by atoms with Crippen LogP contribution in [0.15, 0.2) is 42.5 Å². The van der Waals surface area contributed by atoms with Crippen LogP contribution >= 0.6 is 0 Å². The smallest absolute Gasteiger partial charge is 0.243 e. The van der Waals surface area contributed by atoms with E-state index in [-0.39, 0.29) is 5.91 Å². The van der Waals surface area contributed by atoms with E-state index >= 15 is 0 Å². The molecule has 0 aliphatic rings. The van der Waals surface area contributed by atoms with Crippen LogP contribution in [0.5, 0.6) is 5.75 Å². The Bertz CT molecular complexity index is 826. The Hall–Kier alpha value is -2.53. The maximum Gasteiger partial charge on any atom is 0.243 e. The fourth-order valence-corrected chi connectivity index (χ4v) is 2.95. The molecule has 5 heteroatoms. The fraction of sp³-hybridized carbons (Fsp3) is 0.316. The lowest BCUT2D eigenvalue weighted by molar-refractivity contribution is -0.129. The van der Waals surface area contributed by atoms with Gasteiger partial charge in [-0.2, -0.15) is 0 Å². The summed E-state index contributed by atoms with van der Waals surface area (Å²) in [7, 11) is 0. The number of carbonyl (C=O) groups excluding carboxylic acids is 1. The van der Waals surface area contributed by atoms with Gasteiger partial charge in [-0.25, -0.2) is 5.48 Å². The van der Waals surface area contributed by atoms with Gasteiger partial charge in [0, 0.05) is 22.7 Å². The molecule has 1 amide bonds. The average molecular weight is 326 g/mol. The summed E-state index contributed by atoms with van der Waals surface area (Å²) < 4.78 is 5.95. The topological polar surface area (TPSA) is 74.4 Å². The number of hydrogen-bond donors (Lipinski definition) is 3. The van der Waals surface area contributed by atoms with E-state index in [2.05, 4.69) is 23.2 Å². The summed E-state index contributed by atoms with van der Waals surface area (Å²) in [6.45, 7) is 0.653. The van der Waals surface area contributed by atoms with Gasteiger partial charge in [0.25, 0.3) is 0 Å². The molecule has 0 aliphatic heterocycles. The Labute approximate surface area is 140 Å². The number of hydrogen-bond acceptors (Lipinski definition) is 3. The first-order chi connectivity index (χ1) is 11.8. The molecule has 0 fully saturated rings. The van der Waals surface area contributed by atoms with E-state index in [0.29, 0.717) is 13.0 Å². The number of hydroxylamine groups is 1. The zero-order valence-electron chi connectivity index (χ0n) is 13.5. The highest BCUT2D eigenvalue weighted by atomic mass is 16.5. The summed E-state index contributed by atoms with van der Waals surface area (Å²) in [6.07, 6.45) is 4.04. The van der Waals surface area contributed by atoms with Crippen molar-refractivity contribution < 1.29 is 14.7 Å². The molecule has 0 saturated carbocycles. The number of carbonyl (C=O) groups is 1. The molecule has 0 spiro atoms. The lowest BCUT2D eigenvalue weighted by Crippen LogP contribution is -2.17. The van der Waals surface area contributed by atoms with Crippen LogP contribution in [0.3, 0.4) is 0 Å². The lowest BCUT2D eigenvalue weighted by atomic mass is 10.1. The molecule has 126 valence electrons. The first-order valence-corrected chi connectivity index (χ1v) is 8.35. The minimum atomic E-state index is -0.322. The maximum atomic E-state index is 10.9. The molecule has 0 radical (unpaired) electrons. The summed E-state index contributed by atoms with van der Waals surface area (Å²) in [5.41, 5.74) is 3.81. The molecule has 3 aromatic rings. The average Bonchev–Trinajstić information content (AvgIpc) is 3.00. The number of rotatable bonds is 8. The number of unbranched alkanes of at least 4 members (excludes halogenated alkanes) is 3. The van der Waals surface area contributed by atoms with Crippen LogP contribution in [-0.4, -0.2) is 22.7 Å². The number of aromatic nitrogens is 1. The Morgan fingerprint density at radius 2 is 1.79 bits per heavy atom. The van der Waals surface area contributed by atoms with Crippen molar-refractivity contribution in [1.29, 1.82) is 0 Å². The Morgan fingerprint density at radius 3 is 2.67 bits per heavy atom. The number of fused-ring (bicyclic) bond motifs is 3. The van der Waals surface area contributed by atoms with Crippen LogP contribution in [0.25, 0.3) is 21.8 Å². The van der Waals surface area contributed by atoms with Gasteiger partial charge in [-0.05, 0) is 25.0 Å². The second-order valence-corrected chi connectivity index (χ2v) is 5.90. The fourth-order valence-electron chi connectivity index (χ4n) is 2.95. The number of amides is 1. The lowest BCUT2D eigenvalue weighted by Gasteiger charge is -2.07. The first kappa shape index (κ1) is 16.3. The minimum Gasteiger partial charge on any atom is -0.491 e. The highest BCUT2D eigenvalue weighted by molar-refractivity contribution is 6.09. The first-order valence-electron chi connectivity index (χ1n) is 8.35. The number of nitrogens with one attached hydrogen (secondary N) is 2. The molecule has 3 N–H and O–H groups in total. The highest BCUT2D eigenvalue weighted by Gasteiger charge is 2.08. The van der Waals surface area contributed by atoms with Gasteiger partial charge in [0.05, 0.1) is 12.1 Å². The molecule has 1 heterocycles. The molecule has 0 bridgehead atoms. The van der Waals surface area contributed by atoms with Crippen molar-refractivity contribution in [3.63, 3.8) is 0 Å². The largest absolute Gasteiger partial charge is 0.491 e. The maximum absolute atomic E-state index is 10.9. The van der Waals surface area contributed by atoms with Crippen molar-refractivity contribution >= 4 is 27.7 Å². The molecule has 5 nitrogen and oxygen atoms in total. The van der Waals surface area contributed by atoms with Crippen molar-refractivity contribution in [3.8, 4) is 5.75 Å². The summed E-state index contributed by atoms with van der Waals surface area (Å²) >= 11 is 0. The summed E-state index contributed by atoms with van der Waals surface area (Å²) in [6, 6.07) is 14.4. The van der Waals surface area contributed by atoms with E-state index < -0.39 is 0 Å². The van der Waals surface area contributed by atoms with E-state index in [9.17, 15) is 4.79 Å². The van der Waals surface area contributed by atoms with E-state index in [4.69, 9.17) is 9.94 Å². The molecule has 0 atom stereocenters. The standard InChI is InChI=1S/C19H22N2O3/c22-18(21-23)12-3-1-2-6-13-24-17-11-7-9-15-14-8-4-5-10-16(14)20-19(15)17/h4-5,7-11,20,23H,1-3,6,12-13H2,(H,21,22). The van der Waals surface area contributed by atoms with Crippen LogP contribution in [0.2, 0.25) is 0 Å². The van der Waals surface area contributed by atoms with Crippen molar-refractivity contribution in [1.82, 2.24) is 10.5 Å². The van der Waals surface area contributed by atoms with Gasteiger partial charge in [0.15, 0.2) is 0 Å². The predicted molar refractivity (Wildman–Crippen MR) is 94.3 cm³/mol. The number of aromatic amines is 1.